The van der Waals surface area contributed by atoms with Gasteiger partial charge in [0.2, 0.25) is 0 Å². The molecule has 188 valence electrons. The van der Waals surface area contributed by atoms with Crippen LogP contribution in [-0.4, -0.2) is 14.1 Å². The molecule has 0 amide bonds. The molecule has 4 heterocycles. The topological polar surface area (TPSA) is 22.8 Å². The van der Waals surface area contributed by atoms with Gasteiger partial charge in [-0.15, -0.1) is 22.7 Å². The highest BCUT2D eigenvalue weighted by Gasteiger charge is 2.22. The van der Waals surface area contributed by atoms with Crippen LogP contribution in [0.5, 0.6) is 0 Å². The third-order valence-corrected chi connectivity index (χ3v) is 10.2. The van der Waals surface area contributed by atoms with Gasteiger partial charge >= 0.3 is 0 Å². The molecular weight excluding hydrogens is 527 g/mol. The largest absolute Gasteiger partial charge is 0.308 e. The summed E-state index contributed by atoms with van der Waals surface area (Å²) in [6, 6.07) is 45.3. The summed E-state index contributed by atoms with van der Waals surface area (Å²) in [6.45, 7) is 0. The first-order valence-corrected chi connectivity index (χ1v) is 15.0. The van der Waals surface area contributed by atoms with Crippen LogP contribution in [0.2, 0.25) is 0 Å². The number of rotatable bonds is 3. The Kier molecular flexibility index (Phi) is 4.65. The molecule has 0 saturated heterocycles. The van der Waals surface area contributed by atoms with Gasteiger partial charge < -0.3 is 4.57 Å². The first kappa shape index (κ1) is 22.1. The SMILES string of the molecule is c1ccc(-n2c(-c3ccc4c(c3)c3sc5sc6ccccc6c5c3n4-c3ccccc3)nc3ccccc32)cc1. The Morgan fingerprint density at radius 3 is 2.08 bits per heavy atom. The molecule has 9 rings (SSSR count). The quantitative estimate of drug-likeness (QED) is 0.216. The molecule has 0 unspecified atom stereocenters. The molecular formula is C35H21N3S2. The van der Waals surface area contributed by atoms with Gasteiger partial charge in [0, 0.05) is 37.8 Å². The van der Waals surface area contributed by atoms with Crippen LogP contribution in [0, 0.1) is 0 Å². The minimum Gasteiger partial charge on any atom is -0.308 e. The molecule has 0 spiro atoms. The number of fused-ring (bicyclic) bond motifs is 8. The maximum absolute atomic E-state index is 5.15. The third-order valence-electron chi connectivity index (χ3n) is 7.76. The first-order valence-electron chi connectivity index (χ1n) is 13.3. The summed E-state index contributed by atoms with van der Waals surface area (Å²) in [4.78, 5) is 5.15. The van der Waals surface area contributed by atoms with E-state index in [0.29, 0.717) is 0 Å². The second-order valence-corrected chi connectivity index (χ2v) is 12.4. The number of hydrogen-bond acceptors (Lipinski definition) is 3. The summed E-state index contributed by atoms with van der Waals surface area (Å²) in [5.41, 5.74) is 8.03. The van der Waals surface area contributed by atoms with Gasteiger partial charge in [-0.25, -0.2) is 4.98 Å². The van der Waals surface area contributed by atoms with Crippen LogP contribution in [0.25, 0.3) is 74.4 Å². The molecule has 0 bridgehead atoms. The highest BCUT2D eigenvalue weighted by Crippen LogP contribution is 2.49. The van der Waals surface area contributed by atoms with Crippen molar-refractivity contribution in [2.24, 2.45) is 0 Å². The average molecular weight is 548 g/mol. The van der Waals surface area contributed by atoms with Crippen molar-refractivity contribution in [1.29, 1.82) is 0 Å². The highest BCUT2D eigenvalue weighted by atomic mass is 32.2. The molecule has 0 aliphatic rings. The van der Waals surface area contributed by atoms with Gasteiger partial charge in [-0.05, 0) is 60.7 Å². The first-order chi connectivity index (χ1) is 19.8. The van der Waals surface area contributed by atoms with Crippen molar-refractivity contribution in [3.63, 3.8) is 0 Å². The predicted molar refractivity (Wildman–Crippen MR) is 172 cm³/mol. The molecule has 5 aromatic carbocycles. The molecule has 4 aromatic heterocycles. The Balaban J connectivity index is 1.39. The maximum atomic E-state index is 5.15. The van der Waals surface area contributed by atoms with E-state index in [9.17, 15) is 0 Å². The molecule has 5 heteroatoms. The summed E-state index contributed by atoms with van der Waals surface area (Å²) in [7, 11) is 0. The van der Waals surface area contributed by atoms with Gasteiger partial charge in [0.15, 0.2) is 0 Å². The van der Waals surface area contributed by atoms with Crippen LogP contribution < -0.4 is 0 Å². The lowest BCUT2D eigenvalue weighted by Crippen LogP contribution is -1.97. The molecule has 0 aliphatic heterocycles. The third kappa shape index (κ3) is 3.07. The average Bonchev–Trinajstić information content (AvgIpc) is 3.74. The lowest BCUT2D eigenvalue weighted by molar-refractivity contribution is 1.10. The molecule has 40 heavy (non-hydrogen) atoms. The zero-order valence-electron chi connectivity index (χ0n) is 21.3. The van der Waals surface area contributed by atoms with Crippen molar-refractivity contribution in [3.05, 3.63) is 127 Å². The number of thiophene rings is 2. The summed E-state index contributed by atoms with van der Waals surface area (Å²) in [5, 5.41) is 3.96. The Morgan fingerprint density at radius 2 is 1.25 bits per heavy atom. The number of para-hydroxylation sites is 4. The Morgan fingerprint density at radius 1 is 0.550 bits per heavy atom. The number of aromatic nitrogens is 3. The highest BCUT2D eigenvalue weighted by molar-refractivity contribution is 7.45. The second-order valence-electron chi connectivity index (χ2n) is 10.0. The minimum absolute atomic E-state index is 0.957. The van der Waals surface area contributed by atoms with Gasteiger partial charge in [0.05, 0.1) is 30.8 Å². The molecule has 0 radical (unpaired) electrons. The summed E-state index contributed by atoms with van der Waals surface area (Å²) in [5.74, 6) is 0.957. The van der Waals surface area contributed by atoms with E-state index in [1.54, 1.807) is 0 Å². The number of benzene rings is 5. The van der Waals surface area contributed by atoms with Gasteiger partial charge in [-0.1, -0.05) is 66.7 Å². The smallest absolute Gasteiger partial charge is 0.145 e. The number of imidazole rings is 1. The van der Waals surface area contributed by atoms with Crippen LogP contribution >= 0.6 is 22.7 Å². The lowest BCUT2D eigenvalue weighted by Gasteiger charge is -2.11. The Hall–Kier alpha value is -4.71. The number of nitrogens with zero attached hydrogens (tertiary/aromatic N) is 3. The monoisotopic (exact) mass is 547 g/mol. The second kappa shape index (κ2) is 8.39. The van der Waals surface area contributed by atoms with E-state index in [4.69, 9.17) is 4.98 Å². The van der Waals surface area contributed by atoms with Crippen LogP contribution in [0.1, 0.15) is 0 Å². The Bertz CT molecular complexity index is 2370. The molecule has 3 nitrogen and oxygen atoms in total. The summed E-state index contributed by atoms with van der Waals surface area (Å²) in [6.07, 6.45) is 0. The van der Waals surface area contributed by atoms with Crippen molar-refractivity contribution in [2.45, 2.75) is 0 Å². The van der Waals surface area contributed by atoms with Gasteiger partial charge in [0.25, 0.3) is 0 Å². The van der Waals surface area contributed by atoms with Gasteiger partial charge in [0.1, 0.15) is 5.82 Å². The van der Waals surface area contributed by atoms with E-state index in [2.05, 4.69) is 137 Å². The molecule has 0 aliphatic carbocycles. The standard InChI is InChI=1S/C35H21N3S2/c1-3-11-23(12-4-1)37-28-20-19-22(34-36-27-16-8-9-17-29(27)38(34)24-13-5-2-6-14-24)21-26(28)33-32(37)31-25-15-7-10-18-30(25)39-35(31)40-33/h1-21H. The van der Waals surface area contributed by atoms with Crippen molar-refractivity contribution >= 4 is 74.3 Å². The molecule has 0 saturated carbocycles. The van der Waals surface area contributed by atoms with Crippen molar-refractivity contribution < 1.29 is 0 Å². The van der Waals surface area contributed by atoms with Crippen molar-refractivity contribution in [2.75, 3.05) is 0 Å². The fourth-order valence-electron chi connectivity index (χ4n) is 6.05. The van der Waals surface area contributed by atoms with E-state index < -0.39 is 0 Å². The van der Waals surface area contributed by atoms with Crippen LogP contribution in [0.3, 0.4) is 0 Å². The van der Waals surface area contributed by atoms with Crippen molar-refractivity contribution in [1.82, 2.24) is 14.1 Å². The Labute approximate surface area is 237 Å². The van der Waals surface area contributed by atoms with E-state index in [0.717, 1.165) is 28.1 Å². The molecule has 0 fully saturated rings. The van der Waals surface area contributed by atoms with E-state index in [-0.39, 0.29) is 0 Å². The summed E-state index contributed by atoms with van der Waals surface area (Å²) < 4.78 is 8.78. The normalized spacial score (nSPS) is 12.0. The summed E-state index contributed by atoms with van der Waals surface area (Å²) >= 11 is 3.81. The van der Waals surface area contributed by atoms with Crippen LogP contribution in [-0.2, 0) is 0 Å². The van der Waals surface area contributed by atoms with E-state index in [1.165, 1.54) is 46.3 Å². The van der Waals surface area contributed by atoms with E-state index in [1.807, 2.05) is 22.7 Å². The zero-order valence-corrected chi connectivity index (χ0v) is 22.9. The lowest BCUT2D eigenvalue weighted by atomic mass is 10.1. The fraction of sp³-hybridized carbons (Fsp3) is 0. The van der Waals surface area contributed by atoms with Crippen molar-refractivity contribution in [3.8, 4) is 22.8 Å². The molecule has 0 atom stereocenters. The van der Waals surface area contributed by atoms with Gasteiger partial charge in [-0.2, -0.15) is 0 Å². The maximum Gasteiger partial charge on any atom is 0.145 e. The van der Waals surface area contributed by atoms with Crippen LogP contribution in [0.15, 0.2) is 127 Å². The molecule has 0 N–H and O–H groups in total. The van der Waals surface area contributed by atoms with Gasteiger partial charge in [-0.3, -0.25) is 4.57 Å². The minimum atomic E-state index is 0.957. The number of hydrogen-bond donors (Lipinski definition) is 0. The molecule has 9 aromatic rings. The fourth-order valence-corrected chi connectivity index (χ4v) is 8.72. The zero-order chi connectivity index (χ0) is 26.2. The predicted octanol–water partition coefficient (Wildman–Crippen LogP) is 10.2. The van der Waals surface area contributed by atoms with E-state index >= 15 is 0 Å². The van der Waals surface area contributed by atoms with Crippen LogP contribution in [0.4, 0.5) is 0 Å².